The van der Waals surface area contributed by atoms with Crippen molar-refractivity contribution in [2.75, 3.05) is 13.7 Å². The van der Waals surface area contributed by atoms with Crippen LogP contribution in [0.1, 0.15) is 13.8 Å². The second-order valence-electron chi connectivity index (χ2n) is 6.64. The highest BCUT2D eigenvalue weighted by atomic mass is 32.2. The number of carbonyl (C=O) groups is 2. The molecule has 2 atom stereocenters. The minimum absolute atomic E-state index is 0.0583. The first kappa shape index (κ1) is 21.6. The molecule has 1 saturated heterocycles. The molecule has 3 amide bonds. The maximum absolute atomic E-state index is 13.1. The van der Waals surface area contributed by atoms with E-state index >= 15 is 0 Å². The van der Waals surface area contributed by atoms with Crippen molar-refractivity contribution in [3.05, 3.63) is 48.5 Å². The number of carbonyl (C=O) groups excluding carboxylic acids is 2. The summed E-state index contributed by atoms with van der Waals surface area (Å²) in [5.74, 6) is 1.20. The Morgan fingerprint density at radius 3 is 2.00 bits per heavy atom. The Labute approximate surface area is 175 Å². The van der Waals surface area contributed by atoms with Crippen LogP contribution in [0.2, 0.25) is 0 Å². The molecule has 0 bridgehead atoms. The molecule has 160 valence electrons. The number of sulfonamides is 1. The number of likely N-dealkylation sites (N-methyl/N-ethyl adjacent to an activating group) is 1. The molecule has 10 heteroatoms. The van der Waals surface area contributed by atoms with E-state index in [-0.39, 0.29) is 11.4 Å². The van der Waals surface area contributed by atoms with Crippen molar-refractivity contribution in [1.82, 2.24) is 14.9 Å². The van der Waals surface area contributed by atoms with E-state index in [2.05, 4.69) is 10.6 Å². The van der Waals surface area contributed by atoms with Crippen LogP contribution in [0.3, 0.4) is 0 Å². The number of hydrogen-bond donors (Lipinski definition) is 2. The molecule has 0 spiro atoms. The van der Waals surface area contributed by atoms with Gasteiger partial charge in [0.15, 0.2) is 0 Å². The Balaban J connectivity index is 1.77. The number of amides is 3. The third kappa shape index (κ3) is 4.39. The molecule has 1 aliphatic heterocycles. The van der Waals surface area contributed by atoms with Gasteiger partial charge in [-0.15, -0.1) is 0 Å². The van der Waals surface area contributed by atoms with E-state index in [1.165, 1.54) is 16.4 Å². The molecule has 3 rings (SSSR count). The fourth-order valence-electron chi connectivity index (χ4n) is 3.21. The minimum atomic E-state index is -3.90. The molecule has 0 radical (unpaired) electrons. The van der Waals surface area contributed by atoms with E-state index in [0.717, 1.165) is 0 Å². The summed E-state index contributed by atoms with van der Waals surface area (Å²) >= 11 is 0. The molecule has 2 N–H and O–H groups in total. The average Bonchev–Trinajstić information content (AvgIpc) is 3.07. The maximum atomic E-state index is 13.1. The number of benzene rings is 2. The van der Waals surface area contributed by atoms with Crippen molar-refractivity contribution >= 4 is 22.0 Å². The van der Waals surface area contributed by atoms with Crippen LogP contribution in [-0.4, -0.2) is 50.4 Å². The van der Waals surface area contributed by atoms with Crippen LogP contribution in [-0.2, 0) is 14.8 Å². The summed E-state index contributed by atoms with van der Waals surface area (Å²) in [5, 5.41) is 4.57. The van der Waals surface area contributed by atoms with Crippen molar-refractivity contribution in [2.45, 2.75) is 30.8 Å². The molecule has 0 aromatic heterocycles. The van der Waals surface area contributed by atoms with Crippen molar-refractivity contribution in [2.24, 2.45) is 0 Å². The van der Waals surface area contributed by atoms with Gasteiger partial charge in [0.25, 0.3) is 5.91 Å². The topological polar surface area (TPSA) is 114 Å². The predicted octanol–water partition coefficient (Wildman–Crippen LogP) is 2.09. The number of imide groups is 1. The van der Waals surface area contributed by atoms with Crippen LogP contribution >= 0.6 is 0 Å². The van der Waals surface area contributed by atoms with E-state index in [1.807, 2.05) is 0 Å². The van der Waals surface area contributed by atoms with E-state index in [4.69, 9.17) is 9.47 Å². The molecule has 0 saturated carbocycles. The molecule has 30 heavy (non-hydrogen) atoms. The summed E-state index contributed by atoms with van der Waals surface area (Å²) in [6.45, 7) is 3.38. The van der Waals surface area contributed by atoms with E-state index < -0.39 is 34.0 Å². The first-order chi connectivity index (χ1) is 14.3. The molecule has 0 aliphatic carbocycles. The second-order valence-corrected chi connectivity index (χ2v) is 8.53. The fourth-order valence-corrected chi connectivity index (χ4v) is 4.86. The quantitative estimate of drug-likeness (QED) is 0.616. The number of nitrogens with one attached hydrogen (secondary N) is 2. The predicted molar refractivity (Wildman–Crippen MR) is 109 cm³/mol. The number of methoxy groups -OCH3 is 1. The molecule has 1 aliphatic rings. The van der Waals surface area contributed by atoms with Crippen LogP contribution in [0.25, 0.3) is 0 Å². The molecule has 1 fully saturated rings. The maximum Gasteiger partial charge on any atom is 0.322 e. The zero-order valence-electron chi connectivity index (χ0n) is 16.8. The standard InChI is InChI=1S/C20H23N3O6S/c1-4-23(13(2)18-19(24)22-20(25)21-18)30(26,27)17-11-9-16(10-12-17)29-15-7-5-14(28-3)6-8-15/h5-13,18H,4H2,1-3H3,(H2,21,22,24,25). The Morgan fingerprint density at radius 1 is 1.00 bits per heavy atom. The lowest BCUT2D eigenvalue weighted by Crippen LogP contribution is -2.51. The Hall–Kier alpha value is -3.11. The summed E-state index contributed by atoms with van der Waals surface area (Å²) in [4.78, 5) is 23.4. The van der Waals surface area contributed by atoms with Crippen molar-refractivity contribution < 1.29 is 27.5 Å². The molecule has 2 aromatic carbocycles. The summed E-state index contributed by atoms with van der Waals surface area (Å²) < 4.78 is 38.2. The van der Waals surface area contributed by atoms with Crippen molar-refractivity contribution in [3.8, 4) is 17.2 Å². The van der Waals surface area contributed by atoms with Gasteiger partial charge in [0.05, 0.1) is 18.0 Å². The van der Waals surface area contributed by atoms with E-state index in [9.17, 15) is 18.0 Å². The molecule has 9 nitrogen and oxygen atoms in total. The van der Waals surface area contributed by atoms with Crippen LogP contribution in [0.15, 0.2) is 53.4 Å². The number of ether oxygens (including phenoxy) is 2. The smallest absolute Gasteiger partial charge is 0.322 e. The summed E-state index contributed by atoms with van der Waals surface area (Å²) in [6, 6.07) is 10.6. The first-order valence-corrected chi connectivity index (χ1v) is 10.8. The number of nitrogens with zero attached hydrogens (tertiary/aromatic N) is 1. The van der Waals surface area contributed by atoms with Crippen molar-refractivity contribution in [1.29, 1.82) is 0 Å². The lowest BCUT2D eigenvalue weighted by atomic mass is 10.1. The normalized spacial score (nSPS) is 17.4. The van der Waals surface area contributed by atoms with Crippen LogP contribution in [0.5, 0.6) is 17.2 Å². The lowest BCUT2D eigenvalue weighted by molar-refractivity contribution is -0.121. The minimum Gasteiger partial charge on any atom is -0.497 e. The van der Waals surface area contributed by atoms with Gasteiger partial charge in [0.2, 0.25) is 10.0 Å². The largest absolute Gasteiger partial charge is 0.497 e. The van der Waals surface area contributed by atoms with Gasteiger partial charge < -0.3 is 14.8 Å². The van der Waals surface area contributed by atoms with Gasteiger partial charge in [0.1, 0.15) is 23.3 Å². The van der Waals surface area contributed by atoms with Gasteiger partial charge in [0, 0.05) is 6.54 Å². The van der Waals surface area contributed by atoms with Gasteiger partial charge >= 0.3 is 6.03 Å². The van der Waals surface area contributed by atoms with Crippen LogP contribution in [0, 0.1) is 0 Å². The molecular formula is C20H23N3O6S. The Kier molecular flexibility index (Phi) is 6.28. The van der Waals surface area contributed by atoms with Gasteiger partial charge in [-0.3, -0.25) is 10.1 Å². The summed E-state index contributed by atoms with van der Waals surface area (Å²) in [6.07, 6.45) is 0. The SMILES string of the molecule is CCN(C(C)C1NC(=O)NC1=O)S(=O)(=O)c1ccc(Oc2ccc(OC)cc2)cc1. The highest BCUT2D eigenvalue weighted by Crippen LogP contribution is 2.27. The third-order valence-electron chi connectivity index (χ3n) is 4.78. The number of hydrogen-bond acceptors (Lipinski definition) is 6. The second kappa shape index (κ2) is 8.72. The van der Waals surface area contributed by atoms with Crippen LogP contribution < -0.4 is 20.1 Å². The highest BCUT2D eigenvalue weighted by Gasteiger charge is 2.40. The summed E-state index contributed by atoms with van der Waals surface area (Å²) in [5.41, 5.74) is 0. The van der Waals surface area contributed by atoms with Gasteiger partial charge in [-0.2, -0.15) is 4.31 Å². The zero-order valence-corrected chi connectivity index (χ0v) is 17.6. The number of urea groups is 1. The lowest BCUT2D eigenvalue weighted by Gasteiger charge is -2.29. The molecular weight excluding hydrogens is 410 g/mol. The average molecular weight is 433 g/mol. The van der Waals surface area contributed by atoms with Gasteiger partial charge in [-0.05, 0) is 55.5 Å². The Morgan fingerprint density at radius 2 is 1.53 bits per heavy atom. The Bertz CT molecular complexity index is 1020. The van der Waals surface area contributed by atoms with Gasteiger partial charge in [-0.25, -0.2) is 13.2 Å². The molecule has 1 heterocycles. The van der Waals surface area contributed by atoms with E-state index in [1.54, 1.807) is 57.4 Å². The summed E-state index contributed by atoms with van der Waals surface area (Å²) in [7, 11) is -2.33. The van der Waals surface area contributed by atoms with Crippen molar-refractivity contribution in [3.63, 3.8) is 0 Å². The third-order valence-corrected chi connectivity index (χ3v) is 6.86. The zero-order chi connectivity index (χ0) is 21.9. The fraction of sp³-hybridized carbons (Fsp3) is 0.300. The highest BCUT2D eigenvalue weighted by molar-refractivity contribution is 7.89. The monoisotopic (exact) mass is 433 g/mol. The number of rotatable bonds is 8. The van der Waals surface area contributed by atoms with Crippen LogP contribution in [0.4, 0.5) is 4.79 Å². The first-order valence-electron chi connectivity index (χ1n) is 9.31. The van der Waals surface area contributed by atoms with Gasteiger partial charge in [-0.1, -0.05) is 6.92 Å². The van der Waals surface area contributed by atoms with E-state index in [0.29, 0.717) is 17.2 Å². The molecule has 2 unspecified atom stereocenters. The molecule has 2 aromatic rings.